The first-order valence-electron chi connectivity index (χ1n) is 7.92. The van der Waals surface area contributed by atoms with Crippen LogP contribution in [0.15, 0.2) is 42.5 Å². The zero-order valence-electron chi connectivity index (χ0n) is 13.5. The number of halogens is 1. The lowest BCUT2D eigenvalue weighted by atomic mass is 9.99. The molecular formula is C19H19FN2O2. The number of nitrogens with zero attached hydrogens (tertiary/aromatic N) is 1. The molecule has 0 unspecified atom stereocenters. The van der Waals surface area contributed by atoms with Crippen LogP contribution >= 0.6 is 0 Å². The van der Waals surface area contributed by atoms with Crippen molar-refractivity contribution < 1.29 is 14.0 Å². The normalized spacial score (nSPS) is 13.6. The summed E-state index contributed by atoms with van der Waals surface area (Å²) in [5.74, 6) is -0.363. The second-order valence-electron chi connectivity index (χ2n) is 6.00. The number of rotatable bonds is 4. The summed E-state index contributed by atoms with van der Waals surface area (Å²) < 4.78 is 13.1. The molecule has 1 N–H and O–H groups in total. The lowest BCUT2D eigenvalue weighted by Crippen LogP contribution is -2.31. The molecule has 1 aliphatic rings. The molecule has 0 saturated carbocycles. The van der Waals surface area contributed by atoms with Gasteiger partial charge in [0.15, 0.2) is 0 Å². The van der Waals surface area contributed by atoms with E-state index in [1.165, 1.54) is 12.1 Å². The largest absolute Gasteiger partial charge is 0.352 e. The molecule has 0 aliphatic carbocycles. The van der Waals surface area contributed by atoms with Crippen LogP contribution in [0.2, 0.25) is 0 Å². The number of hydrogen-bond acceptors (Lipinski definition) is 2. The zero-order valence-corrected chi connectivity index (χ0v) is 13.5. The third-order valence-corrected chi connectivity index (χ3v) is 4.23. The van der Waals surface area contributed by atoms with Crippen LogP contribution in [0.1, 0.15) is 23.1 Å². The standard InChI is InChI=1S/C19H19FN2O2/c1-22-17-7-5-14(9-15(17)6-8-19(22)24)12-21-18(23)11-13-3-2-4-16(20)10-13/h2-5,7,9-10H,6,8,11-12H2,1H3,(H,21,23). The minimum Gasteiger partial charge on any atom is -0.352 e. The minimum absolute atomic E-state index is 0.124. The lowest BCUT2D eigenvalue weighted by Gasteiger charge is -2.26. The third kappa shape index (κ3) is 3.62. The summed E-state index contributed by atoms with van der Waals surface area (Å²) in [5, 5.41) is 2.85. The van der Waals surface area contributed by atoms with Crippen molar-refractivity contribution in [2.45, 2.75) is 25.8 Å². The molecule has 2 amide bonds. The number of fused-ring (bicyclic) bond motifs is 1. The van der Waals surface area contributed by atoms with Crippen LogP contribution in [0.3, 0.4) is 0 Å². The molecule has 124 valence electrons. The van der Waals surface area contributed by atoms with Crippen LogP contribution < -0.4 is 10.2 Å². The van der Waals surface area contributed by atoms with Gasteiger partial charge >= 0.3 is 0 Å². The summed E-state index contributed by atoms with van der Waals surface area (Å²) in [6, 6.07) is 11.9. The van der Waals surface area contributed by atoms with E-state index in [4.69, 9.17) is 0 Å². The maximum absolute atomic E-state index is 13.1. The maximum atomic E-state index is 13.1. The number of hydrogen-bond donors (Lipinski definition) is 1. The van der Waals surface area contributed by atoms with Crippen LogP contribution in [0.5, 0.6) is 0 Å². The van der Waals surface area contributed by atoms with E-state index in [2.05, 4.69) is 5.32 Å². The Bertz CT molecular complexity index is 789. The quantitative estimate of drug-likeness (QED) is 0.939. The molecule has 24 heavy (non-hydrogen) atoms. The number of benzene rings is 2. The molecule has 0 radical (unpaired) electrons. The SMILES string of the molecule is CN1C(=O)CCc2cc(CNC(=O)Cc3cccc(F)c3)ccc21. The molecule has 0 aromatic heterocycles. The van der Waals surface area contributed by atoms with Crippen LogP contribution in [0.25, 0.3) is 0 Å². The van der Waals surface area contributed by atoms with Crippen molar-refractivity contribution in [1.82, 2.24) is 5.32 Å². The molecule has 0 fully saturated rings. The first kappa shape index (κ1) is 16.2. The average molecular weight is 326 g/mol. The summed E-state index contributed by atoms with van der Waals surface area (Å²) in [7, 11) is 1.78. The topological polar surface area (TPSA) is 49.4 Å². The number of aryl methyl sites for hydroxylation is 1. The fraction of sp³-hybridized carbons (Fsp3) is 0.263. The van der Waals surface area contributed by atoms with Crippen LogP contribution in [0.4, 0.5) is 10.1 Å². The fourth-order valence-electron chi connectivity index (χ4n) is 2.92. The van der Waals surface area contributed by atoms with Crippen molar-refractivity contribution in [2.75, 3.05) is 11.9 Å². The highest BCUT2D eigenvalue weighted by atomic mass is 19.1. The van der Waals surface area contributed by atoms with E-state index in [9.17, 15) is 14.0 Å². The van der Waals surface area contributed by atoms with Crippen molar-refractivity contribution in [3.63, 3.8) is 0 Å². The second-order valence-corrected chi connectivity index (χ2v) is 6.00. The first-order valence-corrected chi connectivity index (χ1v) is 7.92. The molecule has 1 heterocycles. The van der Waals surface area contributed by atoms with Crippen LogP contribution in [0, 0.1) is 5.82 Å². The van der Waals surface area contributed by atoms with Gasteiger partial charge in [0.2, 0.25) is 11.8 Å². The van der Waals surface area contributed by atoms with Crippen molar-refractivity contribution in [3.05, 3.63) is 65.0 Å². The Morgan fingerprint density at radius 1 is 1.17 bits per heavy atom. The van der Waals surface area contributed by atoms with Gasteiger partial charge in [0.1, 0.15) is 5.82 Å². The van der Waals surface area contributed by atoms with E-state index in [0.717, 1.165) is 23.2 Å². The van der Waals surface area contributed by atoms with Gasteiger partial charge in [-0.1, -0.05) is 24.3 Å². The molecule has 2 aromatic rings. The summed E-state index contributed by atoms with van der Waals surface area (Å²) >= 11 is 0. The predicted molar refractivity (Wildman–Crippen MR) is 90.1 cm³/mol. The van der Waals surface area contributed by atoms with Crippen molar-refractivity contribution in [3.8, 4) is 0 Å². The second kappa shape index (κ2) is 6.83. The fourth-order valence-corrected chi connectivity index (χ4v) is 2.92. The summed E-state index contributed by atoms with van der Waals surface area (Å²) in [5.41, 5.74) is 3.69. The third-order valence-electron chi connectivity index (χ3n) is 4.23. The number of anilines is 1. The number of nitrogens with one attached hydrogen (secondary N) is 1. The summed E-state index contributed by atoms with van der Waals surface area (Å²) in [6.07, 6.45) is 1.39. The lowest BCUT2D eigenvalue weighted by molar-refractivity contribution is -0.120. The maximum Gasteiger partial charge on any atom is 0.227 e. The molecular weight excluding hydrogens is 307 g/mol. The molecule has 4 nitrogen and oxygen atoms in total. The van der Waals surface area contributed by atoms with Crippen LogP contribution in [-0.4, -0.2) is 18.9 Å². The molecule has 3 rings (SSSR count). The van der Waals surface area contributed by atoms with E-state index in [1.54, 1.807) is 24.1 Å². The number of carbonyl (C=O) groups is 2. The van der Waals surface area contributed by atoms with E-state index >= 15 is 0 Å². The Balaban J connectivity index is 1.61. The van der Waals surface area contributed by atoms with Gasteiger partial charge < -0.3 is 10.2 Å². The van der Waals surface area contributed by atoms with Crippen LogP contribution in [-0.2, 0) is 29.0 Å². The Kier molecular flexibility index (Phi) is 4.60. The highest BCUT2D eigenvalue weighted by molar-refractivity contribution is 5.95. The molecule has 0 spiro atoms. The van der Waals surface area contributed by atoms with Gasteiger partial charge in [0.25, 0.3) is 0 Å². The molecule has 5 heteroatoms. The highest BCUT2D eigenvalue weighted by Gasteiger charge is 2.20. The van der Waals surface area contributed by atoms with Crippen molar-refractivity contribution in [1.29, 1.82) is 0 Å². The number of carbonyl (C=O) groups excluding carboxylic acids is 2. The predicted octanol–water partition coefficient (Wildman–Crippen LogP) is 2.59. The minimum atomic E-state index is -0.339. The Labute approximate surface area is 140 Å². The Hall–Kier alpha value is -2.69. The smallest absolute Gasteiger partial charge is 0.227 e. The molecule has 0 atom stereocenters. The summed E-state index contributed by atoms with van der Waals surface area (Å²) in [6.45, 7) is 0.416. The zero-order chi connectivity index (χ0) is 17.1. The van der Waals surface area contributed by atoms with Crippen molar-refractivity contribution >= 4 is 17.5 Å². The Morgan fingerprint density at radius 3 is 2.79 bits per heavy atom. The van der Waals surface area contributed by atoms with Gasteiger partial charge in [-0.25, -0.2) is 4.39 Å². The van der Waals surface area contributed by atoms with Gasteiger partial charge in [-0.05, 0) is 41.3 Å². The van der Waals surface area contributed by atoms with E-state index in [0.29, 0.717) is 18.5 Å². The van der Waals surface area contributed by atoms with Gasteiger partial charge in [-0.15, -0.1) is 0 Å². The first-order chi connectivity index (χ1) is 11.5. The number of amides is 2. The van der Waals surface area contributed by atoms with Crippen molar-refractivity contribution in [2.24, 2.45) is 0 Å². The Morgan fingerprint density at radius 2 is 2.00 bits per heavy atom. The van der Waals surface area contributed by atoms with E-state index in [-0.39, 0.29) is 24.1 Å². The highest BCUT2D eigenvalue weighted by Crippen LogP contribution is 2.27. The monoisotopic (exact) mass is 326 g/mol. The molecule has 0 saturated heterocycles. The molecule has 2 aromatic carbocycles. The van der Waals surface area contributed by atoms with E-state index < -0.39 is 0 Å². The summed E-state index contributed by atoms with van der Waals surface area (Å²) in [4.78, 5) is 25.4. The molecule has 0 bridgehead atoms. The molecule has 1 aliphatic heterocycles. The van der Waals surface area contributed by atoms with Gasteiger partial charge in [-0.2, -0.15) is 0 Å². The van der Waals surface area contributed by atoms with E-state index in [1.807, 2.05) is 18.2 Å². The average Bonchev–Trinajstić information content (AvgIpc) is 2.56. The van der Waals surface area contributed by atoms with Gasteiger partial charge in [0, 0.05) is 25.7 Å². The van der Waals surface area contributed by atoms with Gasteiger partial charge in [0.05, 0.1) is 6.42 Å². The van der Waals surface area contributed by atoms with Gasteiger partial charge in [-0.3, -0.25) is 9.59 Å².